The van der Waals surface area contributed by atoms with Crippen LogP contribution in [0.1, 0.15) is 43.8 Å². The molecule has 23 heavy (non-hydrogen) atoms. The topological polar surface area (TPSA) is 84.7 Å². The average Bonchev–Trinajstić information content (AvgIpc) is 3.15. The first-order valence-corrected chi connectivity index (χ1v) is 8.44. The second-order valence-electron chi connectivity index (χ2n) is 6.49. The van der Waals surface area contributed by atoms with Gasteiger partial charge in [0.2, 0.25) is 11.8 Å². The lowest BCUT2D eigenvalue weighted by Gasteiger charge is -2.16. The summed E-state index contributed by atoms with van der Waals surface area (Å²) < 4.78 is 5.68. The highest BCUT2D eigenvalue weighted by Crippen LogP contribution is 2.41. The third kappa shape index (κ3) is 3.91. The predicted octanol–water partition coefficient (Wildman–Crippen LogP) is 1.92. The molecule has 1 aliphatic carbocycles. The number of carbonyl (C=O) groups excluding carboxylic acids is 2. The number of nitrogens with two attached hydrogens (primary N) is 1. The third-order valence-electron chi connectivity index (χ3n) is 4.89. The van der Waals surface area contributed by atoms with E-state index >= 15 is 0 Å². The average molecular weight is 316 g/mol. The van der Waals surface area contributed by atoms with Gasteiger partial charge < -0.3 is 15.8 Å². The largest absolute Gasteiger partial charge is 0.369 e. The smallest absolute Gasteiger partial charge is 0.223 e. The van der Waals surface area contributed by atoms with Crippen LogP contribution < -0.4 is 11.1 Å². The zero-order valence-corrected chi connectivity index (χ0v) is 13.2. The Hall–Kier alpha value is -1.88. The van der Waals surface area contributed by atoms with E-state index in [1.807, 2.05) is 18.2 Å². The van der Waals surface area contributed by atoms with E-state index in [1.165, 1.54) is 5.56 Å². The Morgan fingerprint density at radius 1 is 1.17 bits per heavy atom. The summed E-state index contributed by atoms with van der Waals surface area (Å²) in [6, 6.07) is 10.2. The highest BCUT2D eigenvalue weighted by atomic mass is 16.6. The van der Waals surface area contributed by atoms with Gasteiger partial charge in [-0.15, -0.1) is 0 Å². The van der Waals surface area contributed by atoms with Crippen LogP contribution in [0.2, 0.25) is 0 Å². The Morgan fingerprint density at radius 2 is 1.91 bits per heavy atom. The van der Waals surface area contributed by atoms with Gasteiger partial charge in [-0.3, -0.25) is 9.59 Å². The molecule has 0 spiro atoms. The van der Waals surface area contributed by atoms with E-state index in [0.717, 1.165) is 32.1 Å². The van der Waals surface area contributed by atoms with Gasteiger partial charge in [-0.25, -0.2) is 0 Å². The molecule has 1 heterocycles. The van der Waals surface area contributed by atoms with Crippen molar-refractivity contribution in [3.63, 3.8) is 0 Å². The fraction of sp³-hybridized carbons (Fsp3) is 0.556. The minimum Gasteiger partial charge on any atom is -0.369 e. The van der Waals surface area contributed by atoms with Gasteiger partial charge in [-0.2, -0.15) is 0 Å². The van der Waals surface area contributed by atoms with Crippen LogP contribution in [-0.2, 0) is 14.3 Å². The number of epoxide rings is 1. The first-order chi connectivity index (χ1) is 11.2. The molecule has 1 aromatic rings. The van der Waals surface area contributed by atoms with Crippen molar-refractivity contribution >= 4 is 11.8 Å². The van der Waals surface area contributed by atoms with Gasteiger partial charge in [-0.1, -0.05) is 36.8 Å². The highest BCUT2D eigenvalue weighted by Gasteiger charge is 2.39. The van der Waals surface area contributed by atoms with Crippen LogP contribution >= 0.6 is 0 Å². The molecule has 3 rings (SSSR count). The van der Waals surface area contributed by atoms with Gasteiger partial charge in [-0.05, 0) is 31.2 Å². The van der Waals surface area contributed by atoms with E-state index < -0.39 is 0 Å². The molecule has 4 atom stereocenters. The molecule has 1 saturated heterocycles. The molecule has 3 N–H and O–H groups in total. The van der Waals surface area contributed by atoms with Crippen molar-refractivity contribution in [3.05, 3.63) is 35.9 Å². The van der Waals surface area contributed by atoms with E-state index in [0.29, 0.717) is 6.54 Å². The molecule has 124 valence electrons. The van der Waals surface area contributed by atoms with E-state index in [4.69, 9.17) is 10.5 Å². The number of hydrogen-bond donors (Lipinski definition) is 2. The minimum absolute atomic E-state index is 0.0253. The predicted molar refractivity (Wildman–Crippen MR) is 86.3 cm³/mol. The maximum Gasteiger partial charge on any atom is 0.223 e. The lowest BCUT2D eigenvalue weighted by atomic mass is 9.94. The van der Waals surface area contributed by atoms with Crippen LogP contribution in [0.15, 0.2) is 30.3 Å². The Morgan fingerprint density at radius 3 is 2.65 bits per heavy atom. The number of benzene rings is 1. The molecule has 1 aromatic carbocycles. The number of rotatable bonds is 7. The number of ether oxygens (including phenoxy) is 1. The summed E-state index contributed by atoms with van der Waals surface area (Å²) in [5.74, 6) is -0.895. The summed E-state index contributed by atoms with van der Waals surface area (Å²) in [6.07, 6.45) is 4.70. The number of carbonyl (C=O) groups is 2. The van der Waals surface area contributed by atoms with Crippen LogP contribution in [-0.4, -0.2) is 24.5 Å². The fourth-order valence-corrected chi connectivity index (χ4v) is 3.56. The summed E-state index contributed by atoms with van der Waals surface area (Å²) in [4.78, 5) is 23.5. The van der Waals surface area contributed by atoms with Gasteiger partial charge in [0.25, 0.3) is 0 Å². The third-order valence-corrected chi connectivity index (χ3v) is 4.89. The maximum absolute atomic E-state index is 12.2. The van der Waals surface area contributed by atoms with Gasteiger partial charge in [0.15, 0.2) is 0 Å². The van der Waals surface area contributed by atoms with E-state index in [-0.39, 0.29) is 35.9 Å². The van der Waals surface area contributed by atoms with Crippen LogP contribution in [0.3, 0.4) is 0 Å². The lowest BCUT2D eigenvalue weighted by molar-refractivity contribution is -0.132. The molecule has 2 fully saturated rings. The van der Waals surface area contributed by atoms with Crippen LogP contribution in [0, 0.1) is 11.8 Å². The molecule has 5 nitrogen and oxygen atoms in total. The number of nitrogens with one attached hydrogen (secondary N) is 1. The molecule has 0 aromatic heterocycles. The molecule has 4 unspecified atom stereocenters. The number of hydrogen-bond acceptors (Lipinski definition) is 3. The van der Waals surface area contributed by atoms with Crippen molar-refractivity contribution in [1.29, 1.82) is 0 Å². The van der Waals surface area contributed by atoms with Gasteiger partial charge in [0.05, 0.1) is 6.10 Å². The molecule has 1 aliphatic heterocycles. The Bertz CT molecular complexity index is 561. The summed E-state index contributed by atoms with van der Waals surface area (Å²) >= 11 is 0. The first kappa shape index (κ1) is 16.0. The summed E-state index contributed by atoms with van der Waals surface area (Å²) in [7, 11) is 0. The van der Waals surface area contributed by atoms with Crippen molar-refractivity contribution < 1.29 is 14.3 Å². The van der Waals surface area contributed by atoms with Crippen molar-refractivity contribution in [2.45, 2.75) is 44.3 Å². The van der Waals surface area contributed by atoms with Crippen LogP contribution in [0.5, 0.6) is 0 Å². The summed E-state index contributed by atoms with van der Waals surface area (Å²) in [6.45, 7) is 0.627. The monoisotopic (exact) mass is 316 g/mol. The molecule has 1 saturated carbocycles. The fourth-order valence-electron chi connectivity index (χ4n) is 3.56. The number of primary amides is 1. The minimum atomic E-state index is -0.347. The van der Waals surface area contributed by atoms with E-state index in [2.05, 4.69) is 17.4 Å². The molecular formula is C18H24N2O3. The lowest BCUT2D eigenvalue weighted by Crippen LogP contribution is -2.37. The van der Waals surface area contributed by atoms with Crippen molar-refractivity contribution in [3.8, 4) is 0 Å². The first-order valence-electron chi connectivity index (χ1n) is 8.44. The summed E-state index contributed by atoms with van der Waals surface area (Å²) in [5.41, 5.74) is 6.58. The second-order valence-corrected chi connectivity index (χ2v) is 6.49. The molecule has 5 heteroatoms. The molecule has 2 aliphatic rings. The number of amides is 2. The highest BCUT2D eigenvalue weighted by molar-refractivity contribution is 5.87. The van der Waals surface area contributed by atoms with Crippen molar-refractivity contribution in [1.82, 2.24) is 5.32 Å². The maximum atomic E-state index is 12.2. The van der Waals surface area contributed by atoms with E-state index in [1.54, 1.807) is 0 Å². The quantitative estimate of drug-likeness (QED) is 0.595. The second kappa shape index (κ2) is 7.13. The van der Waals surface area contributed by atoms with Crippen molar-refractivity contribution in [2.24, 2.45) is 17.6 Å². The van der Waals surface area contributed by atoms with Crippen LogP contribution in [0.25, 0.3) is 0 Å². The standard InChI is InChI=1S/C18H24N2O3/c19-17(21)13-8-4-9-14(13)18(22)20-11-5-10-15-16(23-15)12-6-2-1-3-7-12/h1-3,6-7,13-16H,4-5,8-11H2,(H2,19,21)(H,20,22). The molecular weight excluding hydrogens is 292 g/mol. The van der Waals surface area contributed by atoms with Gasteiger partial charge in [0, 0.05) is 18.4 Å². The van der Waals surface area contributed by atoms with Crippen LogP contribution in [0.4, 0.5) is 0 Å². The van der Waals surface area contributed by atoms with Gasteiger partial charge >= 0.3 is 0 Å². The van der Waals surface area contributed by atoms with Gasteiger partial charge in [0.1, 0.15) is 6.10 Å². The normalized spacial score (nSPS) is 29.2. The Labute approximate surface area is 136 Å². The summed E-state index contributed by atoms with van der Waals surface area (Å²) in [5, 5.41) is 2.94. The SMILES string of the molecule is NC(=O)C1CCCC1C(=O)NCCCC1OC1c1ccccc1. The molecule has 0 radical (unpaired) electrons. The van der Waals surface area contributed by atoms with Crippen molar-refractivity contribution in [2.75, 3.05) is 6.54 Å². The Balaban J connectivity index is 1.35. The Kier molecular flexibility index (Phi) is 4.96. The zero-order valence-electron chi connectivity index (χ0n) is 13.2. The van der Waals surface area contributed by atoms with E-state index in [9.17, 15) is 9.59 Å². The molecule has 2 amide bonds. The zero-order chi connectivity index (χ0) is 16.2. The molecule has 0 bridgehead atoms.